The molecule has 4 aromatic heterocycles. The fourth-order valence-electron chi connectivity index (χ4n) is 8.45. The van der Waals surface area contributed by atoms with E-state index in [0.717, 1.165) is 88.4 Å². The highest BCUT2D eigenvalue weighted by Gasteiger charge is 2.20. The Balaban J connectivity index is 1.02. The zero-order chi connectivity index (χ0) is 37.5. The molecule has 0 atom stereocenters. The van der Waals surface area contributed by atoms with Crippen LogP contribution in [0.3, 0.4) is 0 Å². The molecule has 57 heavy (non-hydrogen) atoms. The van der Waals surface area contributed by atoms with Crippen molar-refractivity contribution in [1.29, 1.82) is 0 Å². The van der Waals surface area contributed by atoms with Crippen molar-refractivity contribution in [3.05, 3.63) is 182 Å². The quantitative estimate of drug-likeness (QED) is 0.176. The maximum atomic E-state index is 6.69. The van der Waals surface area contributed by atoms with Crippen molar-refractivity contribution in [2.24, 2.45) is 0 Å². The summed E-state index contributed by atoms with van der Waals surface area (Å²) < 4.78 is 15.6. The van der Waals surface area contributed by atoms with Crippen LogP contribution < -0.4 is 0 Å². The van der Waals surface area contributed by atoms with Gasteiger partial charge in [-0.1, -0.05) is 127 Å². The average molecular weight is 731 g/mol. The van der Waals surface area contributed by atoms with Gasteiger partial charge in [-0.15, -0.1) is 0 Å². The molecule has 266 valence electrons. The summed E-state index contributed by atoms with van der Waals surface area (Å²) in [6, 6.07) is 62.6. The third kappa shape index (κ3) is 4.94. The Morgan fingerprint density at radius 3 is 1.58 bits per heavy atom. The Bertz CT molecular complexity index is 3410. The van der Waals surface area contributed by atoms with Crippen molar-refractivity contribution in [2.45, 2.75) is 0 Å². The molecule has 6 nitrogen and oxygen atoms in total. The minimum Gasteiger partial charge on any atom is -0.456 e. The molecule has 12 rings (SSSR count). The molecule has 0 aliphatic carbocycles. The zero-order valence-electron chi connectivity index (χ0n) is 30.4. The van der Waals surface area contributed by atoms with Gasteiger partial charge in [-0.3, -0.25) is 0 Å². The van der Waals surface area contributed by atoms with Crippen LogP contribution in [-0.4, -0.2) is 19.5 Å². The third-order valence-corrected chi connectivity index (χ3v) is 11.1. The third-order valence-electron chi connectivity index (χ3n) is 11.1. The van der Waals surface area contributed by atoms with Gasteiger partial charge in [-0.2, -0.15) is 0 Å². The van der Waals surface area contributed by atoms with E-state index in [1.807, 2.05) is 72.8 Å². The molecule has 0 N–H and O–H groups in total. The highest BCUT2D eigenvalue weighted by molar-refractivity contribution is 6.16. The van der Waals surface area contributed by atoms with Crippen molar-refractivity contribution in [3.8, 4) is 51.0 Å². The van der Waals surface area contributed by atoms with E-state index in [9.17, 15) is 0 Å². The first kappa shape index (κ1) is 31.5. The number of benzene rings is 8. The second-order valence-electron chi connectivity index (χ2n) is 14.4. The first-order chi connectivity index (χ1) is 28.2. The molecular weight excluding hydrogens is 701 g/mol. The number of furan rings is 2. The fourth-order valence-corrected chi connectivity index (χ4v) is 8.45. The van der Waals surface area contributed by atoms with Crippen LogP contribution in [0.25, 0.3) is 117 Å². The van der Waals surface area contributed by atoms with E-state index in [1.54, 1.807) is 0 Å². The van der Waals surface area contributed by atoms with Gasteiger partial charge in [-0.05, 0) is 60.2 Å². The number of fused-ring (bicyclic) bond motifs is 9. The molecule has 0 saturated heterocycles. The SMILES string of the molecule is c1ccc(-c2nc(-c3ccccc3)nc(-c3ccc4oc5c(-c6ccc7oc8cccc(-n9c%10ccccc%10c%10ccccc%109)c8c7c6)cccc5c4c3)n2)cc1. The molecule has 0 amide bonds. The number of rotatable bonds is 5. The molecule has 0 aliphatic heterocycles. The van der Waals surface area contributed by atoms with E-state index in [4.69, 9.17) is 23.8 Å². The lowest BCUT2D eigenvalue weighted by molar-refractivity contribution is 0.668. The predicted octanol–water partition coefficient (Wildman–Crippen LogP) is 13.4. The second-order valence-corrected chi connectivity index (χ2v) is 14.4. The molecular formula is C51H30N4O2. The summed E-state index contributed by atoms with van der Waals surface area (Å²) in [5.74, 6) is 1.86. The van der Waals surface area contributed by atoms with Crippen molar-refractivity contribution in [2.75, 3.05) is 0 Å². The van der Waals surface area contributed by atoms with Crippen molar-refractivity contribution in [1.82, 2.24) is 19.5 Å². The number of nitrogens with zero attached hydrogens (tertiary/aromatic N) is 4. The van der Waals surface area contributed by atoms with Gasteiger partial charge in [0, 0.05) is 49.2 Å². The average Bonchev–Trinajstić information content (AvgIpc) is 3.96. The Morgan fingerprint density at radius 2 is 0.895 bits per heavy atom. The van der Waals surface area contributed by atoms with Crippen LogP contribution in [0.5, 0.6) is 0 Å². The molecule has 0 unspecified atom stereocenters. The van der Waals surface area contributed by atoms with Crippen LogP contribution in [0.2, 0.25) is 0 Å². The van der Waals surface area contributed by atoms with Crippen LogP contribution in [0.1, 0.15) is 0 Å². The van der Waals surface area contributed by atoms with Crippen LogP contribution in [0, 0.1) is 0 Å². The molecule has 0 saturated carbocycles. The van der Waals surface area contributed by atoms with Crippen molar-refractivity contribution < 1.29 is 8.83 Å². The van der Waals surface area contributed by atoms with Gasteiger partial charge in [0.1, 0.15) is 22.3 Å². The topological polar surface area (TPSA) is 69.9 Å². The number of hydrogen-bond acceptors (Lipinski definition) is 5. The lowest BCUT2D eigenvalue weighted by Gasteiger charge is -2.10. The first-order valence-corrected chi connectivity index (χ1v) is 19.0. The minimum atomic E-state index is 0.603. The molecule has 0 fully saturated rings. The van der Waals surface area contributed by atoms with Gasteiger partial charge in [-0.25, -0.2) is 15.0 Å². The Morgan fingerprint density at radius 1 is 0.351 bits per heavy atom. The smallest absolute Gasteiger partial charge is 0.164 e. The van der Waals surface area contributed by atoms with Crippen LogP contribution in [-0.2, 0) is 0 Å². The lowest BCUT2D eigenvalue weighted by Crippen LogP contribution is -2.00. The van der Waals surface area contributed by atoms with E-state index in [2.05, 4.69) is 114 Å². The molecule has 0 bridgehead atoms. The normalized spacial score (nSPS) is 11.9. The van der Waals surface area contributed by atoms with Crippen LogP contribution in [0.4, 0.5) is 0 Å². The Labute approximate surface area is 325 Å². The number of hydrogen-bond donors (Lipinski definition) is 0. The van der Waals surface area contributed by atoms with Gasteiger partial charge in [0.15, 0.2) is 17.5 Å². The summed E-state index contributed by atoms with van der Waals surface area (Å²) in [6.45, 7) is 0. The maximum Gasteiger partial charge on any atom is 0.164 e. The number of aromatic nitrogens is 4. The zero-order valence-corrected chi connectivity index (χ0v) is 30.4. The molecule has 4 heterocycles. The number of para-hydroxylation sites is 3. The van der Waals surface area contributed by atoms with E-state index >= 15 is 0 Å². The maximum absolute atomic E-state index is 6.69. The predicted molar refractivity (Wildman–Crippen MR) is 230 cm³/mol. The Hall–Kier alpha value is -7.83. The largest absolute Gasteiger partial charge is 0.456 e. The standard InChI is InChI=1S/C51H30N4O2/c1-3-13-31(14-4-1)49-52-50(32-15-5-2-6-16-32)54-51(53-49)34-26-28-44-39(30-34)38-20-11-19-35(48(38)57-44)33-25-27-45-40(29-33)47-43(23-12-24-46(47)56-45)55-41-21-9-7-17-36(41)37-18-8-10-22-42(37)55/h1-30H. The minimum absolute atomic E-state index is 0.603. The summed E-state index contributed by atoms with van der Waals surface area (Å²) in [4.78, 5) is 14.8. The molecule has 12 aromatic rings. The first-order valence-electron chi connectivity index (χ1n) is 19.0. The summed E-state index contributed by atoms with van der Waals surface area (Å²) >= 11 is 0. The summed E-state index contributed by atoms with van der Waals surface area (Å²) in [7, 11) is 0. The van der Waals surface area contributed by atoms with Gasteiger partial charge < -0.3 is 13.4 Å². The molecule has 6 heteroatoms. The van der Waals surface area contributed by atoms with Gasteiger partial charge in [0.05, 0.1) is 22.1 Å². The van der Waals surface area contributed by atoms with E-state index in [-0.39, 0.29) is 0 Å². The molecule has 8 aromatic carbocycles. The summed E-state index contributed by atoms with van der Waals surface area (Å²) in [6.07, 6.45) is 0. The van der Waals surface area contributed by atoms with E-state index in [1.165, 1.54) is 10.8 Å². The highest BCUT2D eigenvalue weighted by Crippen LogP contribution is 2.42. The lowest BCUT2D eigenvalue weighted by atomic mass is 9.99. The monoisotopic (exact) mass is 730 g/mol. The van der Waals surface area contributed by atoms with Gasteiger partial charge in [0.2, 0.25) is 0 Å². The van der Waals surface area contributed by atoms with Crippen LogP contribution in [0.15, 0.2) is 191 Å². The molecule has 0 aliphatic rings. The van der Waals surface area contributed by atoms with E-state index in [0.29, 0.717) is 17.5 Å². The molecule has 0 spiro atoms. The van der Waals surface area contributed by atoms with Gasteiger partial charge in [0.25, 0.3) is 0 Å². The second kappa shape index (κ2) is 12.3. The van der Waals surface area contributed by atoms with Crippen molar-refractivity contribution in [3.63, 3.8) is 0 Å². The highest BCUT2D eigenvalue weighted by atomic mass is 16.3. The fraction of sp³-hybridized carbons (Fsp3) is 0. The van der Waals surface area contributed by atoms with Crippen molar-refractivity contribution >= 4 is 65.7 Å². The van der Waals surface area contributed by atoms with Crippen LogP contribution >= 0.6 is 0 Å². The van der Waals surface area contributed by atoms with E-state index < -0.39 is 0 Å². The van der Waals surface area contributed by atoms with Gasteiger partial charge >= 0.3 is 0 Å². The summed E-state index contributed by atoms with van der Waals surface area (Å²) in [5, 5.41) is 6.59. The molecule has 0 radical (unpaired) electrons. The Kier molecular flexibility index (Phi) is 6.83. The summed E-state index contributed by atoms with van der Waals surface area (Å²) in [5.41, 5.74) is 11.5.